The zero-order chi connectivity index (χ0) is 14.9. The number of amides is 1. The van der Waals surface area contributed by atoms with E-state index in [1.807, 2.05) is 48.5 Å². The number of nitrogens with one attached hydrogen (secondary N) is 1. The van der Waals surface area contributed by atoms with Crippen LogP contribution in [0.15, 0.2) is 54.7 Å². The number of rotatable bonds is 6. The molecule has 1 heterocycles. The van der Waals surface area contributed by atoms with Crippen molar-refractivity contribution in [1.82, 2.24) is 10.3 Å². The van der Waals surface area contributed by atoms with Gasteiger partial charge in [0, 0.05) is 24.9 Å². The van der Waals surface area contributed by atoms with Gasteiger partial charge in [0.05, 0.1) is 6.07 Å². The van der Waals surface area contributed by atoms with E-state index in [-0.39, 0.29) is 5.91 Å². The summed E-state index contributed by atoms with van der Waals surface area (Å²) in [6, 6.07) is 17.3. The minimum atomic E-state index is -0.656. The van der Waals surface area contributed by atoms with E-state index in [9.17, 15) is 4.79 Å². The Morgan fingerprint density at radius 3 is 2.62 bits per heavy atom. The summed E-state index contributed by atoms with van der Waals surface area (Å²) in [7, 11) is 0. The van der Waals surface area contributed by atoms with Gasteiger partial charge in [-0.25, -0.2) is 0 Å². The first kappa shape index (κ1) is 14.7. The molecule has 1 unspecified atom stereocenters. The van der Waals surface area contributed by atoms with E-state index in [4.69, 9.17) is 5.26 Å². The average Bonchev–Trinajstić information content (AvgIpc) is 2.54. The Kier molecular flexibility index (Phi) is 5.48. The van der Waals surface area contributed by atoms with Crippen molar-refractivity contribution in [3.63, 3.8) is 0 Å². The van der Waals surface area contributed by atoms with Crippen LogP contribution in [0.1, 0.15) is 11.3 Å². The van der Waals surface area contributed by atoms with Gasteiger partial charge in [0.2, 0.25) is 5.91 Å². The van der Waals surface area contributed by atoms with Gasteiger partial charge in [-0.05, 0) is 24.1 Å². The lowest BCUT2D eigenvalue weighted by Gasteiger charge is -2.10. The monoisotopic (exact) mass is 279 g/mol. The molecule has 4 heteroatoms. The number of carbonyl (C=O) groups excluding carboxylic acids is 1. The highest BCUT2D eigenvalue weighted by Gasteiger charge is 2.17. The quantitative estimate of drug-likeness (QED) is 0.880. The van der Waals surface area contributed by atoms with E-state index in [0.29, 0.717) is 19.4 Å². The highest BCUT2D eigenvalue weighted by atomic mass is 16.1. The predicted molar refractivity (Wildman–Crippen MR) is 80.2 cm³/mol. The van der Waals surface area contributed by atoms with Crippen molar-refractivity contribution in [2.45, 2.75) is 12.8 Å². The molecule has 2 rings (SSSR count). The Morgan fingerprint density at radius 2 is 1.95 bits per heavy atom. The topological polar surface area (TPSA) is 65.8 Å². The number of nitriles is 1. The lowest BCUT2D eigenvalue weighted by Crippen LogP contribution is -2.32. The summed E-state index contributed by atoms with van der Waals surface area (Å²) in [6.45, 7) is 0.489. The van der Waals surface area contributed by atoms with E-state index < -0.39 is 5.92 Å². The van der Waals surface area contributed by atoms with Crippen LogP contribution in [0.5, 0.6) is 0 Å². The van der Waals surface area contributed by atoms with E-state index in [1.54, 1.807) is 6.20 Å². The number of carbonyl (C=O) groups is 1. The smallest absolute Gasteiger partial charge is 0.237 e. The van der Waals surface area contributed by atoms with Crippen LogP contribution in [0.3, 0.4) is 0 Å². The standard InChI is InChI=1S/C17H17N3O/c18-13-15(12-14-6-2-1-3-7-14)17(21)20-11-9-16-8-4-5-10-19-16/h1-8,10,15H,9,11-12H2,(H,20,21). The summed E-state index contributed by atoms with van der Waals surface area (Å²) >= 11 is 0. The molecule has 0 saturated carbocycles. The molecule has 0 spiro atoms. The Hall–Kier alpha value is -2.67. The maximum atomic E-state index is 12.0. The second-order valence-electron chi connectivity index (χ2n) is 4.73. The molecule has 0 bridgehead atoms. The van der Waals surface area contributed by atoms with Crippen LogP contribution in [0.2, 0.25) is 0 Å². The maximum absolute atomic E-state index is 12.0. The van der Waals surface area contributed by atoms with Crippen LogP contribution in [-0.2, 0) is 17.6 Å². The molecule has 0 fully saturated rings. The highest BCUT2D eigenvalue weighted by molar-refractivity contribution is 5.81. The summed E-state index contributed by atoms with van der Waals surface area (Å²) in [4.78, 5) is 16.2. The Bertz CT molecular complexity index is 605. The van der Waals surface area contributed by atoms with Gasteiger partial charge in [-0.2, -0.15) is 5.26 Å². The zero-order valence-corrected chi connectivity index (χ0v) is 11.7. The molecule has 4 nitrogen and oxygen atoms in total. The Balaban J connectivity index is 1.82. The van der Waals surface area contributed by atoms with Gasteiger partial charge in [-0.3, -0.25) is 9.78 Å². The van der Waals surface area contributed by atoms with Gasteiger partial charge in [-0.1, -0.05) is 36.4 Å². The molecule has 1 amide bonds. The fourth-order valence-corrected chi connectivity index (χ4v) is 2.03. The third-order valence-corrected chi connectivity index (χ3v) is 3.16. The summed E-state index contributed by atoms with van der Waals surface area (Å²) < 4.78 is 0. The van der Waals surface area contributed by atoms with Gasteiger partial charge in [0.15, 0.2) is 0 Å². The average molecular weight is 279 g/mol. The van der Waals surface area contributed by atoms with Crippen LogP contribution >= 0.6 is 0 Å². The minimum Gasteiger partial charge on any atom is -0.355 e. The normalized spacial score (nSPS) is 11.4. The first-order valence-electron chi connectivity index (χ1n) is 6.91. The van der Waals surface area contributed by atoms with Crippen molar-refractivity contribution >= 4 is 5.91 Å². The van der Waals surface area contributed by atoms with Crippen molar-refractivity contribution in [2.24, 2.45) is 5.92 Å². The third kappa shape index (κ3) is 4.73. The molecule has 0 aliphatic rings. The second-order valence-corrected chi connectivity index (χ2v) is 4.73. The molecule has 106 valence electrons. The zero-order valence-electron chi connectivity index (χ0n) is 11.7. The molecular formula is C17H17N3O. The van der Waals surface area contributed by atoms with E-state index in [2.05, 4.69) is 16.4 Å². The second kappa shape index (κ2) is 7.81. The van der Waals surface area contributed by atoms with Crippen molar-refractivity contribution in [1.29, 1.82) is 5.26 Å². The van der Waals surface area contributed by atoms with Crippen molar-refractivity contribution < 1.29 is 4.79 Å². The summed E-state index contributed by atoms with van der Waals surface area (Å²) in [5.41, 5.74) is 1.92. The van der Waals surface area contributed by atoms with Crippen LogP contribution in [0, 0.1) is 17.2 Å². The van der Waals surface area contributed by atoms with Gasteiger partial charge in [0.25, 0.3) is 0 Å². The third-order valence-electron chi connectivity index (χ3n) is 3.16. The molecule has 21 heavy (non-hydrogen) atoms. The lowest BCUT2D eigenvalue weighted by molar-refractivity contribution is -0.123. The fraction of sp³-hybridized carbons (Fsp3) is 0.235. The van der Waals surface area contributed by atoms with E-state index >= 15 is 0 Å². The predicted octanol–water partition coefficient (Wildman–Crippen LogP) is 2.12. The largest absolute Gasteiger partial charge is 0.355 e. The number of pyridine rings is 1. The summed E-state index contributed by atoms with van der Waals surface area (Å²) in [6.07, 6.45) is 2.83. The number of hydrogen-bond donors (Lipinski definition) is 1. The number of benzene rings is 1. The first-order valence-corrected chi connectivity index (χ1v) is 6.91. The number of aromatic nitrogens is 1. The molecule has 2 aromatic rings. The fourth-order valence-electron chi connectivity index (χ4n) is 2.03. The summed E-state index contributed by atoms with van der Waals surface area (Å²) in [5.74, 6) is -0.881. The van der Waals surface area contributed by atoms with Gasteiger partial charge in [-0.15, -0.1) is 0 Å². The molecule has 1 aromatic carbocycles. The Labute approximate surface area is 124 Å². The van der Waals surface area contributed by atoms with Gasteiger partial charge < -0.3 is 5.32 Å². The Morgan fingerprint density at radius 1 is 1.19 bits per heavy atom. The van der Waals surface area contributed by atoms with E-state index in [1.165, 1.54) is 0 Å². The van der Waals surface area contributed by atoms with Crippen LogP contribution < -0.4 is 5.32 Å². The molecule has 1 N–H and O–H groups in total. The van der Waals surface area contributed by atoms with Gasteiger partial charge in [0.1, 0.15) is 5.92 Å². The number of nitrogens with zero attached hydrogens (tertiary/aromatic N) is 2. The first-order chi connectivity index (χ1) is 10.3. The van der Waals surface area contributed by atoms with Crippen molar-refractivity contribution in [2.75, 3.05) is 6.54 Å². The maximum Gasteiger partial charge on any atom is 0.237 e. The van der Waals surface area contributed by atoms with E-state index in [0.717, 1.165) is 11.3 Å². The van der Waals surface area contributed by atoms with Crippen molar-refractivity contribution in [3.8, 4) is 6.07 Å². The molecule has 1 aromatic heterocycles. The molecule has 0 saturated heterocycles. The number of hydrogen-bond acceptors (Lipinski definition) is 3. The minimum absolute atomic E-state index is 0.225. The summed E-state index contributed by atoms with van der Waals surface area (Å²) in [5, 5.41) is 12.0. The molecule has 0 radical (unpaired) electrons. The van der Waals surface area contributed by atoms with Gasteiger partial charge >= 0.3 is 0 Å². The molecule has 0 aliphatic heterocycles. The van der Waals surface area contributed by atoms with Crippen LogP contribution in [-0.4, -0.2) is 17.4 Å². The van der Waals surface area contributed by atoms with Crippen LogP contribution in [0.4, 0.5) is 0 Å². The molecule has 0 aliphatic carbocycles. The molecule has 1 atom stereocenters. The van der Waals surface area contributed by atoms with Crippen molar-refractivity contribution in [3.05, 3.63) is 66.0 Å². The molecular weight excluding hydrogens is 262 g/mol. The SMILES string of the molecule is N#CC(Cc1ccccc1)C(=O)NCCc1ccccn1. The lowest BCUT2D eigenvalue weighted by atomic mass is 10.00. The highest BCUT2D eigenvalue weighted by Crippen LogP contribution is 2.08. The van der Waals surface area contributed by atoms with Crippen LogP contribution in [0.25, 0.3) is 0 Å².